The Hall–Kier alpha value is -1.62. The predicted molar refractivity (Wildman–Crippen MR) is 72.7 cm³/mol. The lowest BCUT2D eigenvalue weighted by atomic mass is 9.88. The summed E-state index contributed by atoms with van der Waals surface area (Å²) in [6, 6.07) is 0.486. The molecular formula is C13H19N5. The van der Waals surface area contributed by atoms with Crippen molar-refractivity contribution in [3.63, 3.8) is 0 Å². The van der Waals surface area contributed by atoms with E-state index in [4.69, 9.17) is 0 Å². The van der Waals surface area contributed by atoms with Crippen molar-refractivity contribution in [3.8, 4) is 0 Å². The van der Waals surface area contributed by atoms with Gasteiger partial charge in [-0.3, -0.25) is 4.98 Å². The highest BCUT2D eigenvalue weighted by molar-refractivity contribution is 6.02. The van der Waals surface area contributed by atoms with Crippen LogP contribution in [0.4, 0.5) is 5.69 Å². The van der Waals surface area contributed by atoms with E-state index in [1.165, 1.54) is 22.5 Å². The second-order valence-electron chi connectivity index (χ2n) is 5.19. The lowest BCUT2D eigenvalue weighted by molar-refractivity contribution is 0.262. The summed E-state index contributed by atoms with van der Waals surface area (Å²) in [5, 5.41) is 6.40. The number of pyridine rings is 1. The Morgan fingerprint density at radius 1 is 1.28 bits per heavy atom. The molecule has 3 heterocycles. The molecule has 2 aliphatic heterocycles. The predicted octanol–water partition coefficient (Wildman–Crippen LogP) is 1.38. The normalized spacial score (nSPS) is 25.9. The Morgan fingerprint density at radius 3 is 2.72 bits per heavy atom. The third kappa shape index (κ3) is 1.37. The number of anilines is 1. The largest absolute Gasteiger partial charge is 0.365 e. The number of rotatable bonds is 0. The molecule has 5 nitrogen and oxygen atoms in total. The molecule has 1 aromatic heterocycles. The maximum absolute atomic E-state index is 4.59. The first kappa shape index (κ1) is 11.5. The van der Waals surface area contributed by atoms with Crippen LogP contribution in [0, 0.1) is 13.8 Å². The van der Waals surface area contributed by atoms with Gasteiger partial charge < -0.3 is 4.90 Å². The molecule has 0 radical (unpaired) electrons. The van der Waals surface area contributed by atoms with E-state index in [0.29, 0.717) is 6.04 Å². The second-order valence-corrected chi connectivity index (χ2v) is 5.19. The topological polar surface area (TPSA) is 43.8 Å². The van der Waals surface area contributed by atoms with Crippen LogP contribution in [-0.4, -0.2) is 36.0 Å². The van der Waals surface area contributed by atoms with Gasteiger partial charge >= 0.3 is 0 Å². The van der Waals surface area contributed by atoms with Crippen molar-refractivity contribution in [2.45, 2.75) is 32.9 Å². The van der Waals surface area contributed by atoms with Crippen molar-refractivity contribution < 1.29 is 0 Å². The molecule has 0 bridgehead atoms. The fraction of sp³-hybridized carbons (Fsp3) is 0.538. The number of fused-ring (bicyclic) bond motifs is 3. The zero-order valence-electron chi connectivity index (χ0n) is 11.5. The molecule has 0 amide bonds. The first-order valence-corrected chi connectivity index (χ1v) is 6.28. The quantitative estimate of drug-likeness (QED) is 0.750. The number of hydrazine groups is 1. The van der Waals surface area contributed by atoms with Crippen LogP contribution in [0.1, 0.15) is 29.8 Å². The maximum Gasteiger partial charge on any atom is 0.0973 e. The monoisotopic (exact) mass is 245 g/mol. The summed E-state index contributed by atoms with van der Waals surface area (Å²) in [5.41, 5.74) is 9.44. The van der Waals surface area contributed by atoms with Gasteiger partial charge in [0.1, 0.15) is 0 Å². The second kappa shape index (κ2) is 3.68. The molecule has 5 heteroatoms. The van der Waals surface area contributed by atoms with E-state index in [2.05, 4.69) is 48.2 Å². The van der Waals surface area contributed by atoms with Gasteiger partial charge in [-0.2, -0.15) is 5.10 Å². The van der Waals surface area contributed by atoms with Crippen LogP contribution in [0.5, 0.6) is 0 Å². The summed E-state index contributed by atoms with van der Waals surface area (Å²) in [4.78, 5) is 6.77. The summed E-state index contributed by atoms with van der Waals surface area (Å²) in [5.74, 6) is 0. The van der Waals surface area contributed by atoms with Gasteiger partial charge in [0, 0.05) is 25.9 Å². The molecule has 0 saturated heterocycles. The van der Waals surface area contributed by atoms with Crippen LogP contribution >= 0.6 is 0 Å². The van der Waals surface area contributed by atoms with E-state index >= 15 is 0 Å². The SMILES string of the molecule is Cc1cnc(C)c2c1C1NN(C)N=C1C(C)N2C. The first-order valence-electron chi connectivity index (χ1n) is 6.28. The van der Waals surface area contributed by atoms with E-state index in [1.807, 2.05) is 18.4 Å². The standard InChI is InChI=1S/C13H19N5/c1-7-6-14-8(2)13-10(7)12-11(9(3)17(13)4)15-18(5)16-12/h6,9,12,16H,1-5H3. The molecule has 0 aliphatic carbocycles. The number of nitrogens with zero attached hydrogens (tertiary/aromatic N) is 4. The molecule has 1 aromatic rings. The van der Waals surface area contributed by atoms with Crippen molar-refractivity contribution >= 4 is 11.4 Å². The Morgan fingerprint density at radius 2 is 2.00 bits per heavy atom. The molecule has 0 spiro atoms. The molecule has 2 unspecified atom stereocenters. The molecule has 0 fully saturated rings. The van der Waals surface area contributed by atoms with Crippen LogP contribution in [0.2, 0.25) is 0 Å². The Bertz CT molecular complexity index is 536. The van der Waals surface area contributed by atoms with E-state index in [1.54, 1.807) is 0 Å². The van der Waals surface area contributed by atoms with Crippen LogP contribution in [0.3, 0.4) is 0 Å². The highest BCUT2D eigenvalue weighted by Crippen LogP contribution is 2.39. The van der Waals surface area contributed by atoms with Crippen molar-refractivity contribution in [2.75, 3.05) is 19.0 Å². The van der Waals surface area contributed by atoms with E-state index in [0.717, 1.165) is 5.69 Å². The lowest BCUT2D eigenvalue weighted by Gasteiger charge is -2.38. The molecule has 96 valence electrons. The number of hydrazone groups is 1. The molecule has 18 heavy (non-hydrogen) atoms. The lowest BCUT2D eigenvalue weighted by Crippen LogP contribution is -2.46. The zero-order valence-corrected chi connectivity index (χ0v) is 11.5. The van der Waals surface area contributed by atoms with Crippen molar-refractivity contribution in [1.29, 1.82) is 0 Å². The number of aromatic nitrogens is 1. The van der Waals surface area contributed by atoms with Crippen LogP contribution < -0.4 is 10.3 Å². The fourth-order valence-electron chi connectivity index (χ4n) is 2.96. The zero-order chi connectivity index (χ0) is 13.0. The average molecular weight is 245 g/mol. The van der Waals surface area contributed by atoms with Gasteiger partial charge in [-0.25, -0.2) is 10.5 Å². The van der Waals surface area contributed by atoms with E-state index < -0.39 is 0 Å². The van der Waals surface area contributed by atoms with E-state index in [-0.39, 0.29) is 6.04 Å². The molecule has 2 atom stereocenters. The number of hydrogen-bond donors (Lipinski definition) is 1. The number of aryl methyl sites for hydroxylation is 2. The highest BCUT2D eigenvalue weighted by atomic mass is 15.7. The van der Waals surface area contributed by atoms with Crippen molar-refractivity contribution in [2.24, 2.45) is 5.10 Å². The molecule has 2 aliphatic rings. The molecule has 0 aromatic carbocycles. The van der Waals surface area contributed by atoms with Crippen molar-refractivity contribution in [3.05, 3.63) is 23.0 Å². The van der Waals surface area contributed by atoms with Gasteiger partial charge in [0.2, 0.25) is 0 Å². The van der Waals surface area contributed by atoms with Crippen LogP contribution in [0.25, 0.3) is 0 Å². The average Bonchev–Trinajstić information content (AvgIpc) is 2.71. The van der Waals surface area contributed by atoms with Gasteiger partial charge in [-0.05, 0) is 26.3 Å². The summed E-state index contributed by atoms with van der Waals surface area (Å²) < 4.78 is 0. The van der Waals surface area contributed by atoms with Crippen LogP contribution in [-0.2, 0) is 0 Å². The first-order chi connectivity index (χ1) is 8.50. The Kier molecular flexibility index (Phi) is 2.35. The minimum atomic E-state index is 0.192. The summed E-state index contributed by atoms with van der Waals surface area (Å²) in [6.45, 7) is 6.38. The minimum Gasteiger partial charge on any atom is -0.365 e. The molecule has 1 N–H and O–H groups in total. The number of nitrogens with one attached hydrogen (secondary N) is 1. The summed E-state index contributed by atoms with van der Waals surface area (Å²) >= 11 is 0. The summed E-state index contributed by atoms with van der Waals surface area (Å²) in [6.07, 6.45) is 1.95. The van der Waals surface area contributed by atoms with Gasteiger partial charge in [0.05, 0.1) is 29.2 Å². The van der Waals surface area contributed by atoms with Crippen molar-refractivity contribution in [1.82, 2.24) is 15.5 Å². The van der Waals surface area contributed by atoms with E-state index in [9.17, 15) is 0 Å². The number of hydrogen-bond acceptors (Lipinski definition) is 5. The third-order valence-electron chi connectivity index (χ3n) is 4.00. The Balaban J connectivity index is 2.25. The molecule has 0 saturated carbocycles. The Labute approximate surface area is 107 Å². The van der Waals surface area contributed by atoms with Gasteiger partial charge in [-0.15, -0.1) is 0 Å². The third-order valence-corrected chi connectivity index (χ3v) is 4.00. The van der Waals surface area contributed by atoms with Gasteiger partial charge in [-0.1, -0.05) is 0 Å². The fourth-order valence-corrected chi connectivity index (χ4v) is 2.96. The van der Waals surface area contributed by atoms with Crippen LogP contribution in [0.15, 0.2) is 11.3 Å². The molecule has 3 rings (SSSR count). The van der Waals surface area contributed by atoms with Gasteiger partial charge in [0.25, 0.3) is 0 Å². The highest BCUT2D eigenvalue weighted by Gasteiger charge is 2.40. The van der Waals surface area contributed by atoms with Gasteiger partial charge in [0.15, 0.2) is 0 Å². The molecular weight excluding hydrogens is 226 g/mol. The smallest absolute Gasteiger partial charge is 0.0973 e. The summed E-state index contributed by atoms with van der Waals surface area (Å²) in [7, 11) is 4.07. The maximum atomic E-state index is 4.59. The minimum absolute atomic E-state index is 0.192.